The van der Waals surface area contributed by atoms with Gasteiger partial charge >= 0.3 is 0 Å². The van der Waals surface area contributed by atoms with Gasteiger partial charge in [0.2, 0.25) is 0 Å². The third-order valence-corrected chi connectivity index (χ3v) is 1.64. The van der Waals surface area contributed by atoms with Crippen molar-refractivity contribution in [1.29, 1.82) is 0 Å². The highest BCUT2D eigenvalue weighted by atomic mass is 16.5. The van der Waals surface area contributed by atoms with E-state index in [0.717, 1.165) is 0 Å². The lowest BCUT2D eigenvalue weighted by molar-refractivity contribution is 0.00165. The Balaban J connectivity index is 2.28. The molecule has 11 heavy (non-hydrogen) atoms. The Bertz CT molecular complexity index is 145. The van der Waals surface area contributed by atoms with E-state index >= 15 is 0 Å². The van der Waals surface area contributed by atoms with Gasteiger partial charge in [-0.2, -0.15) is 0 Å². The summed E-state index contributed by atoms with van der Waals surface area (Å²) in [5.41, 5.74) is 0. The number of likely N-dealkylation sites (N-methyl/N-ethyl adjacent to an activating group) is 1. The number of hydrogen-bond donors (Lipinski definition) is 1. The van der Waals surface area contributed by atoms with Gasteiger partial charge in [0.1, 0.15) is 6.10 Å². The maximum Gasteiger partial charge on any atom is 0.103 e. The van der Waals surface area contributed by atoms with Crippen molar-refractivity contribution in [2.24, 2.45) is 0 Å². The van der Waals surface area contributed by atoms with Gasteiger partial charge in [-0.05, 0) is 14.1 Å². The molecule has 1 heterocycles. The summed E-state index contributed by atoms with van der Waals surface area (Å²) in [4.78, 5) is 1.94. The van der Waals surface area contributed by atoms with Crippen LogP contribution in [0.3, 0.4) is 0 Å². The Morgan fingerprint density at radius 2 is 2.45 bits per heavy atom. The molecule has 0 saturated heterocycles. The van der Waals surface area contributed by atoms with Crippen LogP contribution in [0, 0.1) is 0 Å². The Hall–Kier alpha value is -0.380. The minimum absolute atomic E-state index is 0.0996. The zero-order valence-electron chi connectivity index (χ0n) is 7.03. The van der Waals surface area contributed by atoms with E-state index in [4.69, 9.17) is 4.74 Å². The highest BCUT2D eigenvalue weighted by Gasteiger charge is 2.19. The molecule has 0 bridgehead atoms. The van der Waals surface area contributed by atoms with Crippen molar-refractivity contribution in [3.8, 4) is 0 Å². The highest BCUT2D eigenvalue weighted by Crippen LogP contribution is 2.08. The fraction of sp³-hybridized carbons (Fsp3) is 0.750. The van der Waals surface area contributed by atoms with Gasteiger partial charge < -0.3 is 14.7 Å². The Kier molecular flexibility index (Phi) is 3.05. The van der Waals surface area contributed by atoms with Crippen LogP contribution in [0.1, 0.15) is 0 Å². The van der Waals surface area contributed by atoms with Crippen LogP contribution in [0.4, 0.5) is 0 Å². The third-order valence-electron chi connectivity index (χ3n) is 1.64. The lowest BCUT2D eigenvalue weighted by atomic mass is 10.2. The molecule has 0 aromatic rings. The number of aliphatic hydroxyl groups excluding tert-OH is 1. The predicted molar refractivity (Wildman–Crippen MR) is 43.4 cm³/mol. The molecule has 0 saturated carbocycles. The summed E-state index contributed by atoms with van der Waals surface area (Å²) in [7, 11) is 3.86. The van der Waals surface area contributed by atoms with E-state index in [9.17, 15) is 5.11 Å². The molecule has 1 rings (SSSR count). The molecule has 0 radical (unpaired) electrons. The standard InChI is InChI=1S/C8H15NO2/c1-9(2)6-7(10)8-4-3-5-11-8/h3-4,7-8,10H,5-6H2,1-2H3. The first-order valence-corrected chi connectivity index (χ1v) is 3.81. The zero-order chi connectivity index (χ0) is 8.27. The number of aliphatic hydroxyl groups is 1. The molecule has 0 spiro atoms. The van der Waals surface area contributed by atoms with Gasteiger partial charge in [0.25, 0.3) is 0 Å². The minimum atomic E-state index is -0.399. The average Bonchev–Trinajstić information content (AvgIpc) is 2.35. The Labute approximate surface area is 67.3 Å². The maximum absolute atomic E-state index is 9.50. The summed E-state index contributed by atoms with van der Waals surface area (Å²) in [6, 6.07) is 0. The van der Waals surface area contributed by atoms with E-state index in [0.29, 0.717) is 13.2 Å². The molecule has 2 atom stereocenters. The molecule has 0 amide bonds. The van der Waals surface area contributed by atoms with Crippen LogP contribution in [0.2, 0.25) is 0 Å². The summed E-state index contributed by atoms with van der Waals surface area (Å²) in [6.07, 6.45) is 3.35. The first-order chi connectivity index (χ1) is 5.20. The van der Waals surface area contributed by atoms with E-state index in [1.165, 1.54) is 0 Å². The van der Waals surface area contributed by atoms with E-state index in [1.54, 1.807) is 0 Å². The second-order valence-electron chi connectivity index (χ2n) is 3.06. The van der Waals surface area contributed by atoms with Crippen LogP contribution in [-0.4, -0.2) is 49.5 Å². The zero-order valence-corrected chi connectivity index (χ0v) is 7.03. The SMILES string of the molecule is CN(C)CC(O)C1C=CCO1. The maximum atomic E-state index is 9.50. The van der Waals surface area contributed by atoms with Crippen molar-refractivity contribution in [2.45, 2.75) is 12.2 Å². The number of rotatable bonds is 3. The molecule has 3 heteroatoms. The van der Waals surface area contributed by atoms with Crippen LogP contribution in [-0.2, 0) is 4.74 Å². The first kappa shape index (κ1) is 8.71. The lowest BCUT2D eigenvalue weighted by Gasteiger charge is -2.19. The number of ether oxygens (including phenoxy) is 1. The van der Waals surface area contributed by atoms with E-state index in [-0.39, 0.29) is 6.10 Å². The van der Waals surface area contributed by atoms with Crippen LogP contribution >= 0.6 is 0 Å². The second-order valence-corrected chi connectivity index (χ2v) is 3.06. The fourth-order valence-corrected chi connectivity index (χ4v) is 1.13. The van der Waals surface area contributed by atoms with Gasteiger partial charge in [-0.15, -0.1) is 0 Å². The quantitative estimate of drug-likeness (QED) is 0.579. The van der Waals surface area contributed by atoms with Crippen LogP contribution < -0.4 is 0 Å². The van der Waals surface area contributed by atoms with Gasteiger partial charge in [-0.1, -0.05) is 12.2 Å². The van der Waals surface area contributed by atoms with Crippen LogP contribution in [0.25, 0.3) is 0 Å². The first-order valence-electron chi connectivity index (χ1n) is 3.81. The van der Waals surface area contributed by atoms with Crippen molar-refractivity contribution in [3.63, 3.8) is 0 Å². The summed E-state index contributed by atoms with van der Waals surface area (Å²) in [6.45, 7) is 1.28. The van der Waals surface area contributed by atoms with Crippen molar-refractivity contribution < 1.29 is 9.84 Å². The molecule has 1 N–H and O–H groups in total. The van der Waals surface area contributed by atoms with E-state index in [1.807, 2.05) is 31.1 Å². The lowest BCUT2D eigenvalue weighted by Crippen LogP contribution is -2.35. The van der Waals surface area contributed by atoms with Crippen molar-refractivity contribution in [3.05, 3.63) is 12.2 Å². The molecule has 1 aliphatic rings. The van der Waals surface area contributed by atoms with Crippen LogP contribution in [0.15, 0.2) is 12.2 Å². The summed E-state index contributed by atoms with van der Waals surface area (Å²) in [5.74, 6) is 0. The molecule has 0 aromatic heterocycles. The number of hydrogen-bond acceptors (Lipinski definition) is 3. The average molecular weight is 157 g/mol. The largest absolute Gasteiger partial charge is 0.389 e. The number of nitrogens with zero attached hydrogens (tertiary/aromatic N) is 1. The van der Waals surface area contributed by atoms with Crippen LogP contribution in [0.5, 0.6) is 0 Å². The summed E-state index contributed by atoms with van der Waals surface area (Å²) >= 11 is 0. The van der Waals surface area contributed by atoms with Crippen molar-refractivity contribution in [1.82, 2.24) is 4.90 Å². The highest BCUT2D eigenvalue weighted by molar-refractivity contribution is 4.99. The topological polar surface area (TPSA) is 32.7 Å². The fourth-order valence-electron chi connectivity index (χ4n) is 1.13. The van der Waals surface area contributed by atoms with Crippen molar-refractivity contribution >= 4 is 0 Å². The molecule has 0 aliphatic carbocycles. The van der Waals surface area contributed by atoms with Gasteiger partial charge in [0, 0.05) is 6.54 Å². The Morgan fingerprint density at radius 3 is 2.91 bits per heavy atom. The monoisotopic (exact) mass is 157 g/mol. The van der Waals surface area contributed by atoms with E-state index in [2.05, 4.69) is 0 Å². The molecular weight excluding hydrogens is 142 g/mol. The third kappa shape index (κ3) is 2.61. The smallest absolute Gasteiger partial charge is 0.103 e. The molecule has 2 unspecified atom stereocenters. The Morgan fingerprint density at radius 1 is 1.73 bits per heavy atom. The summed E-state index contributed by atoms with van der Waals surface area (Å²) in [5, 5.41) is 9.50. The predicted octanol–water partition coefficient (Wildman–Crippen LogP) is -0.136. The molecule has 3 nitrogen and oxygen atoms in total. The molecular formula is C8H15NO2. The van der Waals surface area contributed by atoms with Gasteiger partial charge in [-0.25, -0.2) is 0 Å². The summed E-state index contributed by atoms with van der Waals surface area (Å²) < 4.78 is 5.23. The van der Waals surface area contributed by atoms with Crippen molar-refractivity contribution in [2.75, 3.05) is 27.2 Å². The minimum Gasteiger partial charge on any atom is -0.389 e. The van der Waals surface area contributed by atoms with Gasteiger partial charge in [0.05, 0.1) is 12.7 Å². The van der Waals surface area contributed by atoms with E-state index < -0.39 is 6.10 Å². The molecule has 0 fully saturated rings. The molecule has 64 valence electrons. The molecule has 0 aromatic carbocycles. The van der Waals surface area contributed by atoms with Gasteiger partial charge in [0.15, 0.2) is 0 Å². The molecule has 1 aliphatic heterocycles. The van der Waals surface area contributed by atoms with Gasteiger partial charge in [-0.3, -0.25) is 0 Å². The second kappa shape index (κ2) is 3.85. The normalized spacial score (nSPS) is 26.4.